The van der Waals surface area contributed by atoms with Crippen LogP contribution in [0, 0.1) is 6.92 Å². The molecule has 17 heteroatoms. The van der Waals surface area contributed by atoms with Crippen molar-refractivity contribution in [3.63, 3.8) is 0 Å². The standard InChI is InChI=1S/C28H29ClN10O5S/c1-16-9-10-19(15-40)21(11-16)36-38-25(18-7-5-4-6-8-18)39-37-23-13-20(45(42,43)44)12-22(24(23)41)32-28-34-26(29)33-27(35-28)31-17(2)14-30-3/h4-13,15,17,30,37,41H,14H2,1-3H3,(H,42,43,44)(H2,31,32,33,34,35). The number of azo groups is 1. The van der Waals surface area contributed by atoms with Crippen LogP contribution >= 0.6 is 11.6 Å². The van der Waals surface area contributed by atoms with Crippen molar-refractivity contribution in [1.29, 1.82) is 0 Å². The maximum Gasteiger partial charge on any atom is 0.294 e. The number of hydrazone groups is 1. The Labute approximate surface area is 263 Å². The van der Waals surface area contributed by atoms with Crippen LogP contribution in [0.25, 0.3) is 0 Å². The summed E-state index contributed by atoms with van der Waals surface area (Å²) in [6.07, 6.45) is 0.653. The number of aromatic nitrogens is 3. The Hall–Kier alpha value is -5.03. The number of aromatic hydroxyl groups is 1. The number of benzene rings is 3. The van der Waals surface area contributed by atoms with Crippen LogP contribution in [-0.2, 0) is 10.1 Å². The van der Waals surface area contributed by atoms with Crippen molar-refractivity contribution >= 4 is 62.8 Å². The lowest BCUT2D eigenvalue weighted by Crippen LogP contribution is -2.28. The Balaban J connectivity index is 1.74. The topological polar surface area (TPSA) is 216 Å². The summed E-state index contributed by atoms with van der Waals surface area (Å²) >= 11 is 6.07. The monoisotopic (exact) mass is 652 g/mol. The quantitative estimate of drug-likeness (QED) is 0.0229. The summed E-state index contributed by atoms with van der Waals surface area (Å²) in [7, 11) is -2.97. The molecule has 45 heavy (non-hydrogen) atoms. The molecule has 0 saturated carbocycles. The van der Waals surface area contributed by atoms with Gasteiger partial charge in [0.05, 0.1) is 16.3 Å². The Morgan fingerprint density at radius 1 is 1.04 bits per heavy atom. The molecule has 0 aliphatic heterocycles. The molecule has 0 spiro atoms. The summed E-state index contributed by atoms with van der Waals surface area (Å²) in [6.45, 7) is 4.31. The average Bonchev–Trinajstić information content (AvgIpc) is 2.98. The normalized spacial score (nSPS) is 12.6. The highest BCUT2D eigenvalue weighted by Crippen LogP contribution is 2.37. The molecular formula is C28H29ClN10O5S. The second-order valence-corrected chi connectivity index (χ2v) is 11.4. The molecule has 0 bridgehead atoms. The van der Waals surface area contributed by atoms with Crippen molar-refractivity contribution in [1.82, 2.24) is 20.3 Å². The number of nitrogens with zero attached hydrogens (tertiary/aromatic N) is 6. The van der Waals surface area contributed by atoms with E-state index in [9.17, 15) is 22.9 Å². The SMILES string of the molecule is CNCC(C)Nc1nc(Cl)nc(Nc2cc(S(=O)(=O)O)cc(NN=C(N=Nc3cc(C)ccc3C=O)c3ccccc3)c2O)n1. The first-order valence-corrected chi connectivity index (χ1v) is 15.1. The van der Waals surface area contributed by atoms with Crippen LogP contribution in [0.5, 0.6) is 5.75 Å². The predicted octanol–water partition coefficient (Wildman–Crippen LogP) is 4.92. The van der Waals surface area contributed by atoms with Crippen LogP contribution in [0.4, 0.5) is 29.0 Å². The molecule has 0 saturated heterocycles. The van der Waals surface area contributed by atoms with Gasteiger partial charge in [0, 0.05) is 23.7 Å². The van der Waals surface area contributed by atoms with Gasteiger partial charge < -0.3 is 21.1 Å². The minimum atomic E-state index is -4.76. The van der Waals surface area contributed by atoms with Crippen molar-refractivity contribution in [3.8, 4) is 5.75 Å². The van der Waals surface area contributed by atoms with Crippen LogP contribution < -0.4 is 21.4 Å². The Morgan fingerprint density at radius 3 is 2.44 bits per heavy atom. The number of phenolic OH excluding ortho intramolecular Hbond substituents is 1. The van der Waals surface area contributed by atoms with Gasteiger partial charge in [0.2, 0.25) is 23.0 Å². The van der Waals surface area contributed by atoms with Gasteiger partial charge >= 0.3 is 0 Å². The lowest BCUT2D eigenvalue weighted by atomic mass is 10.1. The van der Waals surface area contributed by atoms with E-state index in [1.54, 1.807) is 55.6 Å². The van der Waals surface area contributed by atoms with Gasteiger partial charge in [-0.1, -0.05) is 36.4 Å². The summed E-state index contributed by atoms with van der Waals surface area (Å²) in [5, 5.41) is 32.3. The number of amidine groups is 1. The van der Waals surface area contributed by atoms with E-state index in [-0.39, 0.29) is 40.4 Å². The molecule has 0 radical (unpaired) electrons. The van der Waals surface area contributed by atoms with Gasteiger partial charge in [0.15, 0.2) is 12.0 Å². The van der Waals surface area contributed by atoms with E-state index in [4.69, 9.17) is 11.6 Å². The first-order valence-electron chi connectivity index (χ1n) is 13.3. The van der Waals surface area contributed by atoms with Gasteiger partial charge in [0.25, 0.3) is 10.1 Å². The number of carbonyl (C=O) groups excluding carboxylic acids is 1. The number of aryl methyl sites for hydroxylation is 1. The molecule has 234 valence electrons. The summed E-state index contributed by atoms with van der Waals surface area (Å²) in [5.74, 6) is -0.491. The third kappa shape index (κ3) is 8.99. The molecule has 0 amide bonds. The van der Waals surface area contributed by atoms with Gasteiger partial charge in [-0.3, -0.25) is 14.8 Å². The maximum atomic E-state index is 12.1. The van der Waals surface area contributed by atoms with E-state index in [2.05, 4.69) is 51.7 Å². The van der Waals surface area contributed by atoms with Crippen molar-refractivity contribution in [2.45, 2.75) is 24.8 Å². The molecule has 3 aromatic carbocycles. The summed E-state index contributed by atoms with van der Waals surface area (Å²) in [4.78, 5) is 23.2. The summed E-state index contributed by atoms with van der Waals surface area (Å²) < 4.78 is 34.1. The highest BCUT2D eigenvalue weighted by Gasteiger charge is 2.19. The van der Waals surface area contributed by atoms with Crippen LogP contribution in [0.1, 0.15) is 28.4 Å². The second kappa shape index (κ2) is 14.6. The average molecular weight is 653 g/mol. The van der Waals surface area contributed by atoms with Crippen LogP contribution in [0.2, 0.25) is 5.28 Å². The van der Waals surface area contributed by atoms with Gasteiger partial charge in [-0.15, -0.1) is 10.2 Å². The Morgan fingerprint density at radius 2 is 1.76 bits per heavy atom. The molecule has 1 aromatic heterocycles. The lowest BCUT2D eigenvalue weighted by Gasteiger charge is -2.15. The molecule has 6 N–H and O–H groups in total. The fourth-order valence-corrected chi connectivity index (χ4v) is 4.59. The van der Waals surface area contributed by atoms with Crippen molar-refractivity contribution in [3.05, 3.63) is 82.6 Å². The second-order valence-electron chi connectivity index (χ2n) is 9.62. The number of aldehydes is 1. The molecule has 0 fully saturated rings. The molecule has 1 unspecified atom stereocenters. The molecular weight excluding hydrogens is 624 g/mol. The number of phenols is 1. The van der Waals surface area contributed by atoms with E-state index in [1.807, 2.05) is 13.8 Å². The van der Waals surface area contributed by atoms with E-state index in [1.165, 1.54) is 0 Å². The van der Waals surface area contributed by atoms with Gasteiger partial charge in [-0.25, -0.2) is 0 Å². The van der Waals surface area contributed by atoms with Crippen LogP contribution in [0.3, 0.4) is 0 Å². The molecule has 1 atom stereocenters. The zero-order valence-electron chi connectivity index (χ0n) is 24.2. The number of nitrogens with one attached hydrogen (secondary N) is 4. The molecule has 15 nitrogen and oxygen atoms in total. The fourth-order valence-electron chi connectivity index (χ4n) is 3.89. The van der Waals surface area contributed by atoms with Gasteiger partial charge in [-0.2, -0.15) is 28.5 Å². The minimum Gasteiger partial charge on any atom is -0.504 e. The number of hydrogen-bond acceptors (Lipinski definition) is 13. The molecule has 4 rings (SSSR count). The fraction of sp³-hybridized carbons (Fsp3) is 0.179. The molecule has 4 aromatic rings. The van der Waals surface area contributed by atoms with Gasteiger partial charge in [-0.05, 0) is 62.3 Å². The number of hydrogen-bond donors (Lipinski definition) is 6. The van der Waals surface area contributed by atoms with Crippen LogP contribution in [0.15, 0.2) is 80.9 Å². The number of anilines is 4. The minimum absolute atomic E-state index is 0.0239. The predicted molar refractivity (Wildman–Crippen MR) is 171 cm³/mol. The number of halogens is 1. The Kier molecular flexibility index (Phi) is 10.7. The number of carbonyl (C=O) groups is 1. The van der Waals surface area contributed by atoms with E-state index in [0.717, 1.165) is 17.7 Å². The van der Waals surface area contributed by atoms with Crippen molar-refractivity contribution < 1.29 is 22.9 Å². The van der Waals surface area contributed by atoms with Crippen LogP contribution in [-0.4, -0.2) is 64.8 Å². The molecule has 0 aliphatic carbocycles. The van der Waals surface area contributed by atoms with E-state index >= 15 is 0 Å². The third-order valence-electron chi connectivity index (χ3n) is 6.00. The van der Waals surface area contributed by atoms with Crippen molar-refractivity contribution in [2.75, 3.05) is 29.7 Å². The third-order valence-corrected chi connectivity index (χ3v) is 7.00. The highest BCUT2D eigenvalue weighted by molar-refractivity contribution is 7.85. The lowest BCUT2D eigenvalue weighted by molar-refractivity contribution is 0.112. The molecule has 0 aliphatic rings. The Bertz CT molecular complexity index is 1860. The van der Waals surface area contributed by atoms with E-state index in [0.29, 0.717) is 29.6 Å². The van der Waals surface area contributed by atoms with Crippen molar-refractivity contribution in [2.24, 2.45) is 15.3 Å². The van der Waals surface area contributed by atoms with Gasteiger partial charge in [0.1, 0.15) is 5.69 Å². The zero-order valence-corrected chi connectivity index (χ0v) is 25.8. The smallest absolute Gasteiger partial charge is 0.294 e. The summed E-state index contributed by atoms with van der Waals surface area (Å²) in [5.41, 5.74) is 4.12. The first-order chi connectivity index (χ1) is 21.5. The van der Waals surface area contributed by atoms with E-state index < -0.39 is 20.8 Å². The zero-order chi connectivity index (χ0) is 32.6. The highest BCUT2D eigenvalue weighted by atomic mass is 35.5. The summed E-state index contributed by atoms with van der Waals surface area (Å²) in [6, 6.07) is 15.6. The largest absolute Gasteiger partial charge is 0.504 e. The first kappa shape index (κ1) is 32.9. The maximum absolute atomic E-state index is 12.1. The number of likely N-dealkylation sites (N-methyl/N-ethyl adjacent to an activating group) is 1. The number of rotatable bonds is 12. The molecule has 1 heterocycles.